The van der Waals surface area contributed by atoms with Crippen LogP contribution in [0, 0.1) is 11.3 Å². The summed E-state index contributed by atoms with van der Waals surface area (Å²) in [6.45, 7) is 0. The maximum absolute atomic E-state index is 12.5. The number of carbonyl (C=O) groups is 1. The second-order valence-corrected chi connectivity index (χ2v) is 7.32. The number of rotatable bonds is 5. The Bertz CT molecular complexity index is 1130. The highest BCUT2D eigenvalue weighted by molar-refractivity contribution is 5.89. The summed E-state index contributed by atoms with van der Waals surface area (Å²) in [5.41, 5.74) is 3.41. The van der Waals surface area contributed by atoms with Gasteiger partial charge in [0.05, 0.1) is 31.0 Å². The Morgan fingerprint density at radius 1 is 1.23 bits per heavy atom. The second-order valence-electron chi connectivity index (χ2n) is 7.32. The van der Waals surface area contributed by atoms with Crippen molar-refractivity contribution in [3.05, 3.63) is 65.5 Å². The first kappa shape index (κ1) is 20.3. The topological polar surface area (TPSA) is 101 Å². The van der Waals surface area contributed by atoms with Gasteiger partial charge in [0.1, 0.15) is 5.75 Å². The molecular weight excluding hydrogens is 394 g/mol. The molecule has 0 spiro atoms. The van der Waals surface area contributed by atoms with Crippen LogP contribution in [0.4, 0.5) is 10.5 Å². The van der Waals surface area contributed by atoms with Gasteiger partial charge < -0.3 is 20.1 Å². The van der Waals surface area contributed by atoms with Crippen molar-refractivity contribution in [3.8, 4) is 23.3 Å². The summed E-state index contributed by atoms with van der Waals surface area (Å²) in [5.74, 6) is 1.56. The molecule has 8 nitrogen and oxygen atoms in total. The summed E-state index contributed by atoms with van der Waals surface area (Å²) in [5, 5.41) is 19.2. The maximum Gasteiger partial charge on any atom is 0.319 e. The molecule has 1 atom stereocenters. The van der Waals surface area contributed by atoms with Gasteiger partial charge in [-0.1, -0.05) is 0 Å². The van der Waals surface area contributed by atoms with E-state index in [9.17, 15) is 4.79 Å². The van der Waals surface area contributed by atoms with E-state index in [-0.39, 0.29) is 12.1 Å². The van der Waals surface area contributed by atoms with Crippen molar-refractivity contribution < 1.29 is 14.3 Å². The molecular formula is C23H23N5O3. The fraction of sp³-hybridized carbons (Fsp3) is 0.261. The number of benzene rings is 2. The summed E-state index contributed by atoms with van der Waals surface area (Å²) < 4.78 is 13.0. The van der Waals surface area contributed by atoms with E-state index in [1.165, 1.54) is 12.8 Å². The number of nitriles is 1. The van der Waals surface area contributed by atoms with Gasteiger partial charge in [-0.2, -0.15) is 10.4 Å². The summed E-state index contributed by atoms with van der Waals surface area (Å²) in [7, 11) is 3.45. The van der Waals surface area contributed by atoms with Crippen LogP contribution in [0.2, 0.25) is 0 Å². The highest BCUT2D eigenvalue weighted by Crippen LogP contribution is 2.33. The largest absolute Gasteiger partial charge is 0.493 e. The number of aryl methyl sites for hydroxylation is 1. The molecule has 2 amide bonds. The van der Waals surface area contributed by atoms with Gasteiger partial charge in [-0.25, -0.2) is 4.79 Å². The number of amides is 2. The van der Waals surface area contributed by atoms with Crippen LogP contribution in [-0.4, -0.2) is 22.9 Å². The zero-order valence-corrected chi connectivity index (χ0v) is 17.4. The molecule has 0 aliphatic heterocycles. The molecule has 0 saturated carbocycles. The van der Waals surface area contributed by atoms with Crippen LogP contribution in [0.3, 0.4) is 0 Å². The van der Waals surface area contributed by atoms with E-state index in [0.717, 1.165) is 24.8 Å². The fourth-order valence-corrected chi connectivity index (χ4v) is 3.74. The normalized spacial score (nSPS) is 14.8. The first-order chi connectivity index (χ1) is 15.1. The zero-order valence-electron chi connectivity index (χ0n) is 17.4. The minimum atomic E-state index is -0.260. The summed E-state index contributed by atoms with van der Waals surface area (Å²) >= 11 is 0. The average Bonchev–Trinajstić information content (AvgIpc) is 3.17. The summed E-state index contributed by atoms with van der Waals surface area (Å²) in [6.07, 6.45) is 4.73. The molecule has 3 aromatic rings. The van der Waals surface area contributed by atoms with E-state index >= 15 is 0 Å². The van der Waals surface area contributed by atoms with E-state index in [4.69, 9.17) is 14.7 Å². The van der Waals surface area contributed by atoms with Gasteiger partial charge in [0.25, 0.3) is 0 Å². The van der Waals surface area contributed by atoms with E-state index < -0.39 is 0 Å². The maximum atomic E-state index is 12.5. The SMILES string of the molecule is COc1cc(C#N)ccc1Oc1ccc(NC(=O)NC2CCCc3c2cnn3C)cc1. The summed E-state index contributed by atoms with van der Waals surface area (Å²) in [4.78, 5) is 12.5. The first-order valence-corrected chi connectivity index (χ1v) is 10.0. The molecule has 1 aliphatic carbocycles. The molecule has 4 rings (SSSR count). The zero-order chi connectivity index (χ0) is 21.8. The Balaban J connectivity index is 1.38. The van der Waals surface area contributed by atoms with Crippen LogP contribution < -0.4 is 20.1 Å². The lowest BCUT2D eigenvalue weighted by atomic mass is 9.93. The second kappa shape index (κ2) is 8.79. The van der Waals surface area contributed by atoms with Gasteiger partial charge in [-0.05, 0) is 55.7 Å². The minimum Gasteiger partial charge on any atom is -0.493 e. The van der Waals surface area contributed by atoms with Crippen molar-refractivity contribution in [2.75, 3.05) is 12.4 Å². The number of urea groups is 1. The number of ether oxygens (including phenoxy) is 2. The number of carbonyl (C=O) groups excluding carboxylic acids is 1. The van der Waals surface area contributed by atoms with Crippen LogP contribution in [0.15, 0.2) is 48.7 Å². The van der Waals surface area contributed by atoms with Crippen molar-refractivity contribution in [1.29, 1.82) is 5.26 Å². The highest BCUT2D eigenvalue weighted by Gasteiger charge is 2.24. The Morgan fingerprint density at radius 3 is 2.77 bits per heavy atom. The Kier molecular flexibility index (Phi) is 5.76. The monoisotopic (exact) mass is 417 g/mol. The molecule has 2 aromatic carbocycles. The number of aromatic nitrogens is 2. The Morgan fingerprint density at radius 2 is 2.03 bits per heavy atom. The molecule has 1 aromatic heterocycles. The molecule has 8 heteroatoms. The third-order valence-corrected chi connectivity index (χ3v) is 5.31. The van der Waals surface area contributed by atoms with Gasteiger partial charge in [-0.15, -0.1) is 0 Å². The predicted octanol–water partition coefficient (Wildman–Crippen LogP) is 4.29. The fourth-order valence-electron chi connectivity index (χ4n) is 3.74. The molecule has 158 valence electrons. The molecule has 0 fully saturated rings. The van der Waals surface area contributed by atoms with Crippen LogP contribution in [0.25, 0.3) is 0 Å². The van der Waals surface area contributed by atoms with Crippen LogP contribution in [0.5, 0.6) is 17.2 Å². The van der Waals surface area contributed by atoms with Crippen molar-refractivity contribution in [1.82, 2.24) is 15.1 Å². The van der Waals surface area contributed by atoms with Gasteiger partial charge >= 0.3 is 6.03 Å². The number of anilines is 1. The number of hydrogen-bond acceptors (Lipinski definition) is 5. The van der Waals surface area contributed by atoms with Gasteiger partial charge in [0.15, 0.2) is 11.5 Å². The third kappa shape index (κ3) is 4.46. The minimum absolute atomic E-state index is 0.0381. The van der Waals surface area contributed by atoms with E-state index in [1.807, 2.05) is 17.9 Å². The van der Waals surface area contributed by atoms with Crippen molar-refractivity contribution in [3.63, 3.8) is 0 Å². The quantitative estimate of drug-likeness (QED) is 0.645. The number of hydrogen-bond donors (Lipinski definition) is 2. The molecule has 0 radical (unpaired) electrons. The molecule has 31 heavy (non-hydrogen) atoms. The third-order valence-electron chi connectivity index (χ3n) is 5.31. The predicted molar refractivity (Wildman–Crippen MR) is 115 cm³/mol. The Labute approximate surface area is 180 Å². The van der Waals surface area contributed by atoms with E-state index in [2.05, 4.69) is 21.8 Å². The number of nitrogens with zero attached hydrogens (tertiary/aromatic N) is 3. The number of nitrogens with one attached hydrogen (secondary N) is 2. The van der Waals surface area contributed by atoms with Crippen LogP contribution >= 0.6 is 0 Å². The highest BCUT2D eigenvalue weighted by atomic mass is 16.5. The first-order valence-electron chi connectivity index (χ1n) is 10.0. The summed E-state index contributed by atoms with van der Waals surface area (Å²) in [6, 6.07) is 13.8. The molecule has 1 aliphatic rings. The van der Waals surface area contributed by atoms with Crippen molar-refractivity contribution >= 4 is 11.7 Å². The van der Waals surface area contributed by atoms with Crippen LogP contribution in [0.1, 0.15) is 35.7 Å². The van der Waals surface area contributed by atoms with Crippen molar-refractivity contribution in [2.24, 2.45) is 7.05 Å². The lowest BCUT2D eigenvalue weighted by molar-refractivity contribution is 0.247. The smallest absolute Gasteiger partial charge is 0.319 e. The molecule has 1 unspecified atom stereocenters. The van der Waals surface area contributed by atoms with Crippen LogP contribution in [-0.2, 0) is 13.5 Å². The number of methoxy groups -OCH3 is 1. The van der Waals surface area contributed by atoms with Gasteiger partial charge in [-0.3, -0.25) is 4.68 Å². The van der Waals surface area contributed by atoms with Crippen molar-refractivity contribution in [2.45, 2.75) is 25.3 Å². The van der Waals surface area contributed by atoms with E-state index in [1.54, 1.807) is 42.5 Å². The van der Waals surface area contributed by atoms with Gasteiger partial charge in [0.2, 0.25) is 0 Å². The molecule has 2 N–H and O–H groups in total. The average molecular weight is 417 g/mol. The number of fused-ring (bicyclic) bond motifs is 1. The molecule has 0 bridgehead atoms. The standard InChI is InChI=1S/C23H23N5O3/c1-28-20-5-3-4-19(18(20)14-25-28)27-23(29)26-16-7-9-17(10-8-16)31-21-11-6-15(13-24)12-22(21)30-2/h6-12,14,19H,3-5H2,1-2H3,(H2,26,27,29). The Hall–Kier alpha value is -3.99. The van der Waals surface area contributed by atoms with Gasteiger partial charge in [0, 0.05) is 30.1 Å². The molecule has 0 saturated heterocycles. The lowest BCUT2D eigenvalue weighted by Gasteiger charge is -2.24. The lowest BCUT2D eigenvalue weighted by Crippen LogP contribution is -2.34. The molecule has 1 heterocycles. The van der Waals surface area contributed by atoms with E-state index in [0.29, 0.717) is 28.5 Å².